The Bertz CT molecular complexity index is 1180. The van der Waals surface area contributed by atoms with E-state index < -0.39 is 5.91 Å². The van der Waals surface area contributed by atoms with E-state index in [2.05, 4.69) is 15.8 Å². The van der Waals surface area contributed by atoms with Gasteiger partial charge < -0.3 is 15.2 Å². The number of amides is 2. The summed E-state index contributed by atoms with van der Waals surface area (Å²) in [6.45, 7) is 0. The molecule has 32 heavy (non-hydrogen) atoms. The van der Waals surface area contributed by atoms with E-state index in [0.29, 0.717) is 22.0 Å². The zero-order valence-electron chi connectivity index (χ0n) is 16.9. The van der Waals surface area contributed by atoms with Gasteiger partial charge in [-0.3, -0.25) is 9.59 Å². The second-order valence-electron chi connectivity index (χ2n) is 6.68. The van der Waals surface area contributed by atoms with Crippen molar-refractivity contribution in [2.45, 2.75) is 6.42 Å². The van der Waals surface area contributed by atoms with Crippen molar-refractivity contribution in [3.63, 3.8) is 0 Å². The smallest absolute Gasteiger partial charge is 0.271 e. The van der Waals surface area contributed by atoms with Crippen molar-refractivity contribution in [1.82, 2.24) is 5.43 Å². The lowest BCUT2D eigenvalue weighted by atomic mass is 10.1. The lowest BCUT2D eigenvalue weighted by molar-refractivity contribution is -0.115. The van der Waals surface area contributed by atoms with Gasteiger partial charge in [-0.2, -0.15) is 5.10 Å². The summed E-state index contributed by atoms with van der Waals surface area (Å²) in [7, 11) is 1.49. The molecule has 0 spiro atoms. The quantitative estimate of drug-likeness (QED) is 0.344. The molecule has 3 N–H and O–H groups in total. The van der Waals surface area contributed by atoms with Gasteiger partial charge in [0.25, 0.3) is 5.91 Å². The van der Waals surface area contributed by atoms with E-state index >= 15 is 0 Å². The minimum Gasteiger partial charge on any atom is -0.506 e. The van der Waals surface area contributed by atoms with Gasteiger partial charge in [0.2, 0.25) is 5.91 Å². The third kappa shape index (κ3) is 6.23. The highest BCUT2D eigenvalue weighted by Crippen LogP contribution is 2.24. The zero-order valence-corrected chi connectivity index (χ0v) is 18.4. The molecule has 3 rings (SSSR count). The summed E-state index contributed by atoms with van der Waals surface area (Å²) in [6.07, 6.45) is 1.59. The van der Waals surface area contributed by atoms with Gasteiger partial charge in [0.15, 0.2) is 0 Å². The van der Waals surface area contributed by atoms with E-state index in [9.17, 15) is 14.7 Å². The predicted molar refractivity (Wildman–Crippen MR) is 125 cm³/mol. The number of rotatable bonds is 7. The highest BCUT2D eigenvalue weighted by Gasteiger charge is 2.09. The third-order valence-corrected chi connectivity index (χ3v) is 4.89. The fourth-order valence-corrected chi connectivity index (χ4v) is 3.20. The van der Waals surface area contributed by atoms with E-state index in [-0.39, 0.29) is 28.7 Å². The number of methoxy groups -OCH3 is 1. The lowest BCUT2D eigenvalue weighted by Gasteiger charge is -2.10. The molecule has 0 fully saturated rings. The monoisotopic (exact) mass is 471 g/mol. The lowest BCUT2D eigenvalue weighted by Crippen LogP contribution is -2.17. The second-order valence-corrected chi connectivity index (χ2v) is 7.52. The van der Waals surface area contributed by atoms with Crippen LogP contribution in [0.15, 0.2) is 65.8 Å². The Morgan fingerprint density at radius 2 is 1.91 bits per heavy atom. The number of halogens is 2. The van der Waals surface area contributed by atoms with Crippen molar-refractivity contribution >= 4 is 46.9 Å². The van der Waals surface area contributed by atoms with E-state index in [1.54, 1.807) is 36.4 Å². The Balaban J connectivity index is 1.63. The van der Waals surface area contributed by atoms with Crippen LogP contribution >= 0.6 is 23.2 Å². The van der Waals surface area contributed by atoms with Gasteiger partial charge in [-0.15, -0.1) is 0 Å². The average molecular weight is 472 g/mol. The van der Waals surface area contributed by atoms with E-state index in [0.717, 1.165) is 5.56 Å². The Kier molecular flexibility index (Phi) is 7.70. The molecule has 0 atom stereocenters. The molecule has 0 aliphatic carbocycles. The molecule has 0 radical (unpaired) electrons. The van der Waals surface area contributed by atoms with E-state index in [4.69, 9.17) is 27.9 Å². The maximum absolute atomic E-state index is 12.3. The number of hydrogen-bond donors (Lipinski definition) is 3. The number of phenolic OH excluding ortho intramolecular Hbond substituents is 1. The number of carbonyl (C=O) groups is 2. The molecule has 0 heterocycles. The molecular weight excluding hydrogens is 453 g/mol. The first-order valence-electron chi connectivity index (χ1n) is 9.40. The van der Waals surface area contributed by atoms with E-state index in [1.807, 2.05) is 6.07 Å². The predicted octanol–water partition coefficient (Wildman–Crippen LogP) is 4.65. The first-order valence-corrected chi connectivity index (χ1v) is 10.2. The molecule has 0 aliphatic rings. The summed E-state index contributed by atoms with van der Waals surface area (Å²) in [5, 5.41) is 16.8. The number of anilines is 1. The molecule has 0 bridgehead atoms. The Labute approximate surface area is 194 Å². The van der Waals surface area contributed by atoms with Gasteiger partial charge in [-0.1, -0.05) is 35.3 Å². The molecule has 7 nitrogen and oxygen atoms in total. The number of hydrazone groups is 1. The van der Waals surface area contributed by atoms with Crippen LogP contribution < -0.4 is 15.5 Å². The highest BCUT2D eigenvalue weighted by molar-refractivity contribution is 6.32. The molecule has 0 aliphatic heterocycles. The van der Waals surface area contributed by atoms with Crippen molar-refractivity contribution in [3.05, 3.63) is 87.4 Å². The molecule has 0 saturated heterocycles. The molecule has 0 unspecified atom stereocenters. The fourth-order valence-electron chi connectivity index (χ4n) is 2.81. The second kappa shape index (κ2) is 10.7. The van der Waals surface area contributed by atoms with Crippen molar-refractivity contribution in [1.29, 1.82) is 0 Å². The van der Waals surface area contributed by atoms with Gasteiger partial charge in [-0.25, -0.2) is 5.43 Å². The van der Waals surface area contributed by atoms with Crippen LogP contribution in [0.5, 0.6) is 11.5 Å². The molecule has 3 aromatic rings. The van der Waals surface area contributed by atoms with Crippen molar-refractivity contribution in [2.24, 2.45) is 5.10 Å². The number of hydrogen-bond acceptors (Lipinski definition) is 5. The van der Waals surface area contributed by atoms with Crippen LogP contribution in [0.1, 0.15) is 21.5 Å². The average Bonchev–Trinajstić information content (AvgIpc) is 2.76. The van der Waals surface area contributed by atoms with Crippen LogP contribution in [0, 0.1) is 0 Å². The van der Waals surface area contributed by atoms with Crippen molar-refractivity contribution in [2.75, 3.05) is 12.4 Å². The van der Waals surface area contributed by atoms with Crippen LogP contribution in [0.3, 0.4) is 0 Å². The maximum atomic E-state index is 12.3. The van der Waals surface area contributed by atoms with Crippen molar-refractivity contribution < 1.29 is 19.4 Å². The van der Waals surface area contributed by atoms with Crippen LogP contribution in [0.25, 0.3) is 0 Å². The van der Waals surface area contributed by atoms with E-state index in [1.165, 1.54) is 31.5 Å². The Morgan fingerprint density at radius 1 is 1.09 bits per heavy atom. The number of nitrogens with one attached hydrogen (secondary N) is 2. The van der Waals surface area contributed by atoms with Crippen LogP contribution in [-0.2, 0) is 11.2 Å². The number of phenols is 1. The molecular formula is C23H19Cl2N3O4. The number of aromatic hydroxyl groups is 1. The molecule has 0 saturated carbocycles. The van der Waals surface area contributed by atoms with Crippen LogP contribution in [0.2, 0.25) is 10.0 Å². The first kappa shape index (κ1) is 23.1. The van der Waals surface area contributed by atoms with Gasteiger partial charge >= 0.3 is 0 Å². The minimum atomic E-state index is -0.494. The highest BCUT2D eigenvalue weighted by atomic mass is 35.5. The van der Waals surface area contributed by atoms with Gasteiger partial charge in [0, 0.05) is 27.9 Å². The number of nitrogens with zero attached hydrogens (tertiary/aromatic N) is 1. The Morgan fingerprint density at radius 3 is 2.62 bits per heavy atom. The SMILES string of the molecule is COc1cc(NC(=O)Cc2cccc(Cl)c2)ccc1/C=N/NC(=O)c1ccc(O)c(Cl)c1. The topological polar surface area (TPSA) is 100 Å². The fraction of sp³-hybridized carbons (Fsp3) is 0.0870. The summed E-state index contributed by atoms with van der Waals surface area (Å²) >= 11 is 11.8. The van der Waals surface area contributed by atoms with Gasteiger partial charge in [0.05, 0.1) is 24.8 Å². The number of benzene rings is 3. The third-order valence-electron chi connectivity index (χ3n) is 4.35. The zero-order chi connectivity index (χ0) is 23.1. The molecule has 9 heteroatoms. The van der Waals surface area contributed by atoms with Crippen LogP contribution in [0.4, 0.5) is 5.69 Å². The molecule has 0 aromatic heterocycles. The van der Waals surface area contributed by atoms with Gasteiger partial charge in [0.1, 0.15) is 11.5 Å². The summed E-state index contributed by atoms with van der Waals surface area (Å²) < 4.78 is 5.35. The molecule has 3 aromatic carbocycles. The summed E-state index contributed by atoms with van der Waals surface area (Å²) in [5.74, 6) is -0.352. The largest absolute Gasteiger partial charge is 0.506 e. The summed E-state index contributed by atoms with van der Waals surface area (Å²) in [5.41, 5.74) is 4.56. The van der Waals surface area contributed by atoms with Crippen molar-refractivity contribution in [3.8, 4) is 11.5 Å². The van der Waals surface area contributed by atoms with Gasteiger partial charge in [-0.05, 0) is 48.0 Å². The molecule has 2 amide bonds. The van der Waals surface area contributed by atoms with Crippen LogP contribution in [-0.4, -0.2) is 30.2 Å². The number of carbonyl (C=O) groups excluding carboxylic acids is 2. The standard InChI is InChI=1S/C23H19Cl2N3O4/c1-32-21-12-18(27-22(30)10-14-3-2-4-17(24)9-14)7-5-16(21)13-26-28-23(31)15-6-8-20(29)19(25)11-15/h2-9,11-13,29H,10H2,1H3,(H,27,30)(H,28,31)/b26-13+. The summed E-state index contributed by atoms with van der Waals surface area (Å²) in [4.78, 5) is 24.5. The Hall–Kier alpha value is -3.55. The first-order chi connectivity index (χ1) is 15.4. The summed E-state index contributed by atoms with van der Waals surface area (Å²) in [6, 6.07) is 16.2. The molecule has 164 valence electrons. The number of ether oxygens (including phenoxy) is 1. The minimum absolute atomic E-state index is 0.0660. The normalized spacial score (nSPS) is 10.7. The maximum Gasteiger partial charge on any atom is 0.271 e.